The van der Waals surface area contributed by atoms with E-state index in [2.05, 4.69) is 5.32 Å². The number of hydrogen-bond donors (Lipinski definition) is 2. The fraction of sp³-hybridized carbons (Fsp3) is 0.381. The van der Waals surface area contributed by atoms with E-state index >= 15 is 0 Å². The molecule has 3 nitrogen and oxygen atoms in total. The van der Waals surface area contributed by atoms with Crippen molar-refractivity contribution in [2.45, 2.75) is 49.9 Å². The first kappa shape index (κ1) is 19.4. The summed E-state index contributed by atoms with van der Waals surface area (Å²) in [5.41, 5.74) is 1.18. The van der Waals surface area contributed by atoms with E-state index in [1.54, 1.807) is 0 Å². The predicted molar refractivity (Wildman–Crippen MR) is 96.5 cm³/mol. The summed E-state index contributed by atoms with van der Waals surface area (Å²) in [6, 6.07) is 14.1. The molecule has 144 valence electrons. The van der Waals surface area contributed by atoms with E-state index in [0.29, 0.717) is 6.42 Å². The number of benzene rings is 2. The number of carboxylic acid groups (broad SMARTS) is 1. The van der Waals surface area contributed by atoms with Crippen molar-refractivity contribution in [3.8, 4) is 0 Å². The lowest BCUT2D eigenvalue weighted by atomic mass is 9.96. The Morgan fingerprint density at radius 1 is 1.07 bits per heavy atom. The van der Waals surface area contributed by atoms with Gasteiger partial charge in [0.05, 0.1) is 5.56 Å². The van der Waals surface area contributed by atoms with E-state index < -0.39 is 23.8 Å². The third-order valence-electron chi connectivity index (χ3n) is 5.16. The van der Waals surface area contributed by atoms with Crippen molar-refractivity contribution >= 4 is 5.97 Å². The Kier molecular flexibility index (Phi) is 5.85. The zero-order valence-corrected chi connectivity index (χ0v) is 14.7. The van der Waals surface area contributed by atoms with Crippen molar-refractivity contribution in [3.63, 3.8) is 0 Å². The maximum Gasteiger partial charge on any atom is 0.416 e. The second kappa shape index (κ2) is 8.13. The van der Waals surface area contributed by atoms with Crippen molar-refractivity contribution in [2.75, 3.05) is 0 Å². The highest BCUT2D eigenvalue weighted by atomic mass is 19.4. The van der Waals surface area contributed by atoms with Crippen LogP contribution in [0.4, 0.5) is 13.2 Å². The zero-order valence-electron chi connectivity index (χ0n) is 14.7. The summed E-state index contributed by atoms with van der Waals surface area (Å²) in [5.74, 6) is -0.743. The monoisotopic (exact) mass is 377 g/mol. The van der Waals surface area contributed by atoms with Crippen LogP contribution in [0.15, 0.2) is 54.6 Å². The van der Waals surface area contributed by atoms with E-state index in [1.165, 1.54) is 12.1 Å². The highest BCUT2D eigenvalue weighted by Crippen LogP contribution is 2.36. The lowest BCUT2D eigenvalue weighted by molar-refractivity contribution is -0.140. The van der Waals surface area contributed by atoms with Gasteiger partial charge in [0.25, 0.3) is 0 Å². The van der Waals surface area contributed by atoms with Crippen LogP contribution in [-0.4, -0.2) is 23.2 Å². The van der Waals surface area contributed by atoms with E-state index in [0.717, 1.165) is 42.5 Å². The smallest absolute Gasteiger partial charge is 0.416 e. The molecule has 1 fully saturated rings. The fourth-order valence-corrected chi connectivity index (χ4v) is 3.73. The van der Waals surface area contributed by atoms with Crippen LogP contribution < -0.4 is 5.32 Å². The number of nitrogens with one attached hydrogen (secondary N) is 1. The molecule has 2 aromatic rings. The average molecular weight is 377 g/mol. The molecular formula is C21H22F3NO2. The molecular weight excluding hydrogens is 355 g/mol. The third-order valence-corrected chi connectivity index (χ3v) is 5.16. The number of carboxylic acids is 1. The Balaban J connectivity index is 1.60. The van der Waals surface area contributed by atoms with Crippen LogP contribution in [0.5, 0.6) is 0 Å². The molecule has 2 N–H and O–H groups in total. The second-order valence-electron chi connectivity index (χ2n) is 7.07. The molecule has 2 aromatic carbocycles. The fourth-order valence-electron chi connectivity index (χ4n) is 3.73. The van der Waals surface area contributed by atoms with Crippen LogP contribution in [0, 0.1) is 0 Å². The first-order chi connectivity index (χ1) is 12.8. The van der Waals surface area contributed by atoms with E-state index in [9.17, 15) is 23.1 Å². The van der Waals surface area contributed by atoms with Gasteiger partial charge in [-0.15, -0.1) is 0 Å². The molecule has 6 heteroatoms. The Hall–Kier alpha value is -2.34. The lowest BCUT2D eigenvalue weighted by Crippen LogP contribution is -2.43. The van der Waals surface area contributed by atoms with Crippen LogP contribution >= 0.6 is 0 Å². The summed E-state index contributed by atoms with van der Waals surface area (Å²) in [6.07, 6.45) is -1.56. The summed E-state index contributed by atoms with van der Waals surface area (Å²) in [6.45, 7) is 0. The molecule has 0 heterocycles. The second-order valence-corrected chi connectivity index (χ2v) is 7.07. The Labute approximate surface area is 156 Å². The van der Waals surface area contributed by atoms with Gasteiger partial charge in [-0.1, -0.05) is 42.5 Å². The first-order valence-corrected chi connectivity index (χ1v) is 9.03. The molecule has 0 aliphatic heterocycles. The summed E-state index contributed by atoms with van der Waals surface area (Å²) in [7, 11) is 0. The Bertz CT molecular complexity index is 759. The van der Waals surface area contributed by atoms with Gasteiger partial charge in [0.1, 0.15) is 6.04 Å². The van der Waals surface area contributed by atoms with E-state index in [-0.39, 0.29) is 12.0 Å². The SMILES string of the molecule is O=C(O)[C@@H](Cc1ccccc1)NC1CCC(c2ccc(C(F)(F)F)cc2)C1. The van der Waals surface area contributed by atoms with Gasteiger partial charge in [-0.2, -0.15) is 13.2 Å². The summed E-state index contributed by atoms with van der Waals surface area (Å²) < 4.78 is 38.1. The predicted octanol–water partition coefficient (Wildman–Crippen LogP) is 4.63. The van der Waals surface area contributed by atoms with E-state index in [1.807, 2.05) is 30.3 Å². The Morgan fingerprint density at radius 2 is 1.74 bits per heavy atom. The van der Waals surface area contributed by atoms with Gasteiger partial charge in [0, 0.05) is 6.04 Å². The van der Waals surface area contributed by atoms with Crippen molar-refractivity contribution in [3.05, 3.63) is 71.3 Å². The molecule has 1 aliphatic carbocycles. The minimum Gasteiger partial charge on any atom is -0.480 e. The largest absolute Gasteiger partial charge is 0.480 e. The van der Waals surface area contributed by atoms with E-state index in [4.69, 9.17) is 0 Å². The van der Waals surface area contributed by atoms with Crippen LogP contribution in [0.1, 0.15) is 41.9 Å². The normalized spacial score (nSPS) is 21.1. The number of aliphatic carboxylic acids is 1. The van der Waals surface area contributed by atoms with Crippen LogP contribution in [0.25, 0.3) is 0 Å². The van der Waals surface area contributed by atoms with Gasteiger partial charge in [-0.05, 0) is 54.9 Å². The number of halogens is 3. The van der Waals surface area contributed by atoms with Gasteiger partial charge >= 0.3 is 12.1 Å². The highest BCUT2D eigenvalue weighted by molar-refractivity contribution is 5.74. The number of rotatable bonds is 6. The maximum atomic E-state index is 12.7. The van der Waals surface area contributed by atoms with Gasteiger partial charge in [0.2, 0.25) is 0 Å². The molecule has 3 atom stereocenters. The van der Waals surface area contributed by atoms with Crippen molar-refractivity contribution in [2.24, 2.45) is 0 Å². The molecule has 1 aliphatic rings. The molecule has 0 saturated heterocycles. The average Bonchev–Trinajstić information content (AvgIpc) is 3.10. The number of alkyl halides is 3. The molecule has 0 amide bonds. The van der Waals surface area contributed by atoms with Gasteiger partial charge in [0.15, 0.2) is 0 Å². The topological polar surface area (TPSA) is 49.3 Å². The molecule has 2 unspecified atom stereocenters. The lowest BCUT2D eigenvalue weighted by Gasteiger charge is -2.20. The van der Waals surface area contributed by atoms with Gasteiger partial charge in [-0.25, -0.2) is 0 Å². The minimum absolute atomic E-state index is 0.0436. The van der Waals surface area contributed by atoms with Crippen molar-refractivity contribution < 1.29 is 23.1 Å². The molecule has 0 aromatic heterocycles. The van der Waals surface area contributed by atoms with Crippen LogP contribution in [0.2, 0.25) is 0 Å². The van der Waals surface area contributed by atoms with Crippen molar-refractivity contribution in [1.29, 1.82) is 0 Å². The summed E-state index contributed by atoms with van der Waals surface area (Å²) in [4.78, 5) is 11.6. The maximum absolute atomic E-state index is 12.7. The van der Waals surface area contributed by atoms with Crippen LogP contribution in [0.3, 0.4) is 0 Å². The Morgan fingerprint density at radius 3 is 2.33 bits per heavy atom. The first-order valence-electron chi connectivity index (χ1n) is 9.03. The highest BCUT2D eigenvalue weighted by Gasteiger charge is 2.32. The molecule has 0 spiro atoms. The zero-order chi connectivity index (χ0) is 19.4. The van der Waals surface area contributed by atoms with Gasteiger partial charge in [-0.3, -0.25) is 4.79 Å². The molecule has 3 rings (SSSR count). The standard InChI is InChI=1S/C21H22F3NO2/c22-21(23,24)17-9-6-15(7-10-17)16-8-11-18(13-16)25-19(20(26)27)12-14-4-2-1-3-5-14/h1-7,9-10,16,18-19,25H,8,11-13H2,(H,26,27)/t16?,18?,19-/m1/s1. The molecule has 27 heavy (non-hydrogen) atoms. The number of carbonyl (C=O) groups is 1. The van der Waals surface area contributed by atoms with Crippen LogP contribution in [-0.2, 0) is 17.4 Å². The third kappa shape index (κ3) is 5.10. The minimum atomic E-state index is -4.33. The quantitative estimate of drug-likeness (QED) is 0.772. The molecule has 0 bridgehead atoms. The molecule has 0 radical (unpaired) electrons. The van der Waals surface area contributed by atoms with Gasteiger partial charge < -0.3 is 10.4 Å². The molecule has 1 saturated carbocycles. The van der Waals surface area contributed by atoms with Crippen molar-refractivity contribution in [1.82, 2.24) is 5.32 Å². The summed E-state index contributed by atoms with van der Waals surface area (Å²) >= 11 is 0. The summed E-state index contributed by atoms with van der Waals surface area (Å²) in [5, 5.41) is 12.7. The number of hydrogen-bond acceptors (Lipinski definition) is 2.